The van der Waals surface area contributed by atoms with Crippen LogP contribution in [0.4, 0.5) is 8.78 Å². The van der Waals surface area contributed by atoms with Gasteiger partial charge < -0.3 is 9.33 Å². The van der Waals surface area contributed by atoms with E-state index in [-0.39, 0.29) is 0 Å². The van der Waals surface area contributed by atoms with E-state index in [4.69, 9.17) is 4.43 Å². The molecule has 0 aromatic heterocycles. The Morgan fingerprint density at radius 3 is 2.43 bits per heavy atom. The van der Waals surface area contributed by atoms with E-state index in [9.17, 15) is 8.78 Å². The second kappa shape index (κ2) is 11.9. The van der Waals surface area contributed by atoms with Crippen molar-refractivity contribution < 1.29 is 13.2 Å². The molecule has 30 heavy (non-hydrogen) atoms. The molecule has 2 nitrogen and oxygen atoms in total. The Bertz CT molecular complexity index is 544. The summed E-state index contributed by atoms with van der Waals surface area (Å²) in [6.07, 6.45) is 7.58. The monoisotopic (exact) mass is 507 g/mol. The molecule has 0 aromatic carbocycles. The van der Waals surface area contributed by atoms with Crippen LogP contribution in [0.25, 0.3) is 0 Å². The van der Waals surface area contributed by atoms with Crippen molar-refractivity contribution in [3.8, 4) is 0 Å². The molecule has 1 aliphatic carbocycles. The van der Waals surface area contributed by atoms with Gasteiger partial charge in [-0.3, -0.25) is 0 Å². The second-order valence-corrected chi connectivity index (χ2v) is 15.6. The molecule has 176 valence electrons. The third kappa shape index (κ3) is 7.67. The fourth-order valence-electron chi connectivity index (χ4n) is 5.53. The molecule has 1 saturated carbocycles. The predicted molar refractivity (Wildman–Crippen MR) is 130 cm³/mol. The van der Waals surface area contributed by atoms with Crippen molar-refractivity contribution in [2.75, 3.05) is 19.6 Å². The van der Waals surface area contributed by atoms with Gasteiger partial charge in [-0.2, -0.15) is 0 Å². The number of piperidine rings is 1. The van der Waals surface area contributed by atoms with Gasteiger partial charge in [-0.15, -0.1) is 0 Å². The van der Waals surface area contributed by atoms with E-state index in [0.717, 1.165) is 25.6 Å². The average Bonchev–Trinajstić information content (AvgIpc) is 2.69. The van der Waals surface area contributed by atoms with Crippen LogP contribution in [0, 0.1) is 17.8 Å². The molecule has 0 amide bonds. The van der Waals surface area contributed by atoms with Crippen molar-refractivity contribution in [3.63, 3.8) is 0 Å². The minimum absolute atomic E-state index is 0.458. The summed E-state index contributed by atoms with van der Waals surface area (Å²) in [6, 6.07) is 0. The van der Waals surface area contributed by atoms with Gasteiger partial charge in [-0.05, 0) is 87.3 Å². The first-order valence-corrected chi connectivity index (χ1v) is 16.4. The molecule has 6 heteroatoms. The van der Waals surface area contributed by atoms with Gasteiger partial charge in [0.05, 0.1) is 0 Å². The lowest BCUT2D eigenvalue weighted by Crippen LogP contribution is -2.55. The van der Waals surface area contributed by atoms with E-state index in [1.54, 1.807) is 5.57 Å². The van der Waals surface area contributed by atoms with Crippen LogP contribution in [-0.4, -0.2) is 44.9 Å². The van der Waals surface area contributed by atoms with Gasteiger partial charge in [0, 0.05) is 19.6 Å². The van der Waals surface area contributed by atoms with E-state index < -0.39 is 20.3 Å². The molecule has 1 saturated heterocycles. The summed E-state index contributed by atoms with van der Waals surface area (Å²) in [7, 11) is -2.00. The van der Waals surface area contributed by atoms with Gasteiger partial charge in [0.1, 0.15) is 5.60 Å². The summed E-state index contributed by atoms with van der Waals surface area (Å²) in [5, 5.41) is 0. The number of rotatable bonds is 10. The second-order valence-electron chi connectivity index (χ2n) is 10.7. The zero-order valence-corrected chi connectivity index (χ0v) is 22.4. The van der Waals surface area contributed by atoms with Crippen LogP contribution >= 0.6 is 15.9 Å². The first-order chi connectivity index (χ1) is 14.1. The van der Waals surface area contributed by atoms with E-state index >= 15 is 0 Å². The summed E-state index contributed by atoms with van der Waals surface area (Å²) in [5.41, 5.74) is 0.388. The molecule has 0 aromatic rings. The topological polar surface area (TPSA) is 12.5 Å². The molecular weight excluding hydrogens is 464 g/mol. The SMILES string of the molecule is CC[C@H](CC[C@@H]1CCCC/C1=C\Br)[C@H](C)CN1CCC(O[Si](C)(C)C)(C(F)F)CC1. The van der Waals surface area contributed by atoms with Crippen molar-refractivity contribution in [1.82, 2.24) is 4.90 Å². The largest absolute Gasteiger partial charge is 0.406 e. The number of hydrogen-bond acceptors (Lipinski definition) is 2. The maximum Gasteiger partial charge on any atom is 0.266 e. The molecule has 2 fully saturated rings. The normalized spacial score (nSPS) is 26.8. The molecule has 0 spiro atoms. The summed E-state index contributed by atoms with van der Waals surface area (Å²) >= 11 is 3.58. The van der Waals surface area contributed by atoms with Crippen LogP contribution in [0.2, 0.25) is 19.6 Å². The Kier molecular flexibility index (Phi) is 10.5. The number of halogens is 3. The van der Waals surface area contributed by atoms with Crippen LogP contribution in [0.15, 0.2) is 10.6 Å². The smallest absolute Gasteiger partial charge is 0.266 e. The molecular formula is C24H44BrF2NOSi. The zero-order valence-electron chi connectivity index (χ0n) is 19.9. The highest BCUT2D eigenvalue weighted by Crippen LogP contribution is 2.38. The van der Waals surface area contributed by atoms with Crippen LogP contribution < -0.4 is 0 Å². The number of nitrogens with zero attached hydrogens (tertiary/aromatic N) is 1. The third-order valence-electron chi connectivity index (χ3n) is 7.30. The van der Waals surface area contributed by atoms with Gasteiger partial charge in [0.15, 0.2) is 8.32 Å². The number of allylic oxidation sites excluding steroid dienone is 1. The quantitative estimate of drug-likeness (QED) is 0.279. The number of alkyl halides is 2. The van der Waals surface area contributed by atoms with Crippen LogP contribution in [0.1, 0.15) is 71.6 Å². The molecule has 0 radical (unpaired) electrons. The molecule has 1 heterocycles. The maximum absolute atomic E-state index is 13.9. The Morgan fingerprint density at radius 2 is 1.90 bits per heavy atom. The molecule has 0 bridgehead atoms. The number of hydrogen-bond donors (Lipinski definition) is 0. The lowest BCUT2D eigenvalue weighted by molar-refractivity contribution is -0.115. The zero-order chi connectivity index (χ0) is 22.4. The molecule has 0 unspecified atom stereocenters. The predicted octanol–water partition coefficient (Wildman–Crippen LogP) is 7.85. The fraction of sp³-hybridized carbons (Fsp3) is 0.917. The van der Waals surface area contributed by atoms with E-state index in [2.05, 4.69) is 39.7 Å². The Hall–Kier alpha value is 0.217. The standard InChI is InChI=1S/C24H44BrF2NOSi/c1-6-20(11-12-21-9-7-8-10-22(21)17-25)19(2)18-28-15-13-24(14-16-28,23(26)27)29-30(3,4)5/h17,19-21,23H,6-16,18H2,1-5H3/b22-17+/t19-,20-,21+/m1/s1. The fourth-order valence-corrected chi connectivity index (χ4v) is 7.65. The third-order valence-corrected chi connectivity index (χ3v) is 8.91. The summed E-state index contributed by atoms with van der Waals surface area (Å²) in [5.74, 6) is 2.07. The molecule has 2 aliphatic rings. The van der Waals surface area contributed by atoms with Gasteiger partial charge in [-0.25, -0.2) is 8.78 Å². The summed E-state index contributed by atoms with van der Waals surface area (Å²) < 4.78 is 33.8. The van der Waals surface area contributed by atoms with Gasteiger partial charge >= 0.3 is 0 Å². The van der Waals surface area contributed by atoms with E-state index in [1.165, 1.54) is 44.9 Å². The van der Waals surface area contributed by atoms with Crippen molar-refractivity contribution in [3.05, 3.63) is 10.6 Å². The number of likely N-dealkylation sites (tertiary alicyclic amines) is 1. The minimum atomic E-state index is -2.39. The first-order valence-electron chi connectivity index (χ1n) is 12.1. The molecule has 2 rings (SSSR count). The maximum atomic E-state index is 13.9. The Labute approximate surface area is 193 Å². The van der Waals surface area contributed by atoms with Crippen LogP contribution in [0.5, 0.6) is 0 Å². The van der Waals surface area contributed by atoms with Gasteiger partial charge in [-0.1, -0.05) is 48.2 Å². The van der Waals surface area contributed by atoms with Crippen molar-refractivity contribution in [2.24, 2.45) is 17.8 Å². The van der Waals surface area contributed by atoms with Gasteiger partial charge in [0.2, 0.25) is 0 Å². The average molecular weight is 509 g/mol. The van der Waals surface area contributed by atoms with Crippen LogP contribution in [0.3, 0.4) is 0 Å². The van der Waals surface area contributed by atoms with E-state index in [1.807, 2.05) is 19.6 Å². The molecule has 3 atom stereocenters. The molecule has 0 N–H and O–H groups in total. The lowest BCUT2D eigenvalue weighted by atomic mass is 9.78. The van der Waals surface area contributed by atoms with E-state index in [0.29, 0.717) is 24.7 Å². The summed E-state index contributed by atoms with van der Waals surface area (Å²) in [4.78, 5) is 4.58. The van der Waals surface area contributed by atoms with Crippen LogP contribution in [-0.2, 0) is 4.43 Å². The highest BCUT2D eigenvalue weighted by Gasteiger charge is 2.46. The Morgan fingerprint density at radius 1 is 1.23 bits per heavy atom. The van der Waals surface area contributed by atoms with Crippen molar-refractivity contribution >= 4 is 24.2 Å². The highest BCUT2D eigenvalue weighted by molar-refractivity contribution is 9.11. The minimum Gasteiger partial charge on any atom is -0.406 e. The summed E-state index contributed by atoms with van der Waals surface area (Å²) in [6.45, 7) is 13.2. The Balaban J connectivity index is 1.85. The molecule has 1 aliphatic heterocycles. The first kappa shape index (κ1) is 26.5. The van der Waals surface area contributed by atoms with Gasteiger partial charge in [0.25, 0.3) is 6.43 Å². The highest BCUT2D eigenvalue weighted by atomic mass is 79.9. The van der Waals surface area contributed by atoms with Crippen molar-refractivity contribution in [1.29, 1.82) is 0 Å². The lowest BCUT2D eigenvalue weighted by Gasteiger charge is -2.45. The van der Waals surface area contributed by atoms with Crippen molar-refractivity contribution in [2.45, 2.75) is 103 Å².